The Balaban J connectivity index is 2.27. The van der Waals surface area contributed by atoms with Gasteiger partial charge in [0.15, 0.2) is 0 Å². The highest BCUT2D eigenvalue weighted by Crippen LogP contribution is 2.16. The van der Waals surface area contributed by atoms with Crippen LogP contribution in [0.5, 0.6) is 5.75 Å². The molecule has 0 saturated heterocycles. The van der Waals surface area contributed by atoms with E-state index in [1.54, 1.807) is 31.4 Å². The van der Waals surface area contributed by atoms with E-state index in [0.29, 0.717) is 18.0 Å². The molecule has 0 fully saturated rings. The molecule has 0 saturated carbocycles. The minimum absolute atomic E-state index is 0.0801. The summed E-state index contributed by atoms with van der Waals surface area (Å²) in [4.78, 5) is 23.0. The van der Waals surface area contributed by atoms with E-state index in [1.807, 2.05) is 6.92 Å². The van der Waals surface area contributed by atoms with Crippen molar-refractivity contribution in [3.63, 3.8) is 0 Å². The van der Waals surface area contributed by atoms with Crippen molar-refractivity contribution in [2.45, 2.75) is 13.3 Å². The van der Waals surface area contributed by atoms with Crippen LogP contribution < -0.4 is 20.7 Å². The molecule has 0 heterocycles. The lowest BCUT2D eigenvalue weighted by Crippen LogP contribution is -2.37. The summed E-state index contributed by atoms with van der Waals surface area (Å²) in [6.45, 7) is 2.84. The monoisotopic (exact) mass is 279 g/mol. The fraction of sp³-hybridized carbons (Fsp3) is 0.429. The van der Waals surface area contributed by atoms with Crippen LogP contribution in [0.1, 0.15) is 13.3 Å². The fourth-order valence-electron chi connectivity index (χ4n) is 1.52. The number of nitrogens with one attached hydrogen (secondary N) is 3. The van der Waals surface area contributed by atoms with Crippen molar-refractivity contribution < 1.29 is 14.3 Å². The van der Waals surface area contributed by atoms with Gasteiger partial charge in [-0.1, -0.05) is 13.0 Å². The lowest BCUT2D eigenvalue weighted by Gasteiger charge is -2.08. The zero-order valence-electron chi connectivity index (χ0n) is 11.9. The number of benzene rings is 1. The topological polar surface area (TPSA) is 79.5 Å². The van der Waals surface area contributed by atoms with Gasteiger partial charge in [0, 0.05) is 18.3 Å². The molecule has 0 atom stereocenters. The quantitative estimate of drug-likeness (QED) is 0.656. The smallest absolute Gasteiger partial charge is 0.238 e. The van der Waals surface area contributed by atoms with Gasteiger partial charge in [-0.3, -0.25) is 14.9 Å². The maximum absolute atomic E-state index is 11.7. The average molecular weight is 279 g/mol. The Morgan fingerprint density at radius 3 is 2.65 bits per heavy atom. The molecule has 1 rings (SSSR count). The Hall–Kier alpha value is -2.08. The summed E-state index contributed by atoms with van der Waals surface area (Å²) in [5.74, 6) is 0.359. The molecule has 6 heteroatoms. The van der Waals surface area contributed by atoms with Gasteiger partial charge in [-0.2, -0.15) is 0 Å². The number of amides is 2. The van der Waals surface area contributed by atoms with Gasteiger partial charge in [0.05, 0.1) is 20.2 Å². The molecular weight excluding hydrogens is 258 g/mol. The lowest BCUT2D eigenvalue weighted by molar-refractivity contribution is -0.120. The molecule has 0 aliphatic rings. The number of methoxy groups -OCH3 is 1. The molecular formula is C14H21N3O3. The van der Waals surface area contributed by atoms with Crippen LogP contribution in [0.15, 0.2) is 24.3 Å². The van der Waals surface area contributed by atoms with Gasteiger partial charge in [0.2, 0.25) is 11.8 Å². The Kier molecular flexibility index (Phi) is 7.13. The third-order valence-electron chi connectivity index (χ3n) is 2.50. The second-order valence-electron chi connectivity index (χ2n) is 4.23. The van der Waals surface area contributed by atoms with Crippen LogP contribution in [0.3, 0.4) is 0 Å². The summed E-state index contributed by atoms with van der Waals surface area (Å²) in [5.41, 5.74) is 0.659. The molecule has 20 heavy (non-hydrogen) atoms. The Morgan fingerprint density at radius 2 is 1.95 bits per heavy atom. The number of hydrogen-bond acceptors (Lipinski definition) is 4. The average Bonchev–Trinajstić information content (AvgIpc) is 2.45. The maximum Gasteiger partial charge on any atom is 0.238 e. The minimum Gasteiger partial charge on any atom is -0.497 e. The van der Waals surface area contributed by atoms with E-state index in [-0.39, 0.29) is 24.9 Å². The summed E-state index contributed by atoms with van der Waals surface area (Å²) in [7, 11) is 1.57. The van der Waals surface area contributed by atoms with Crippen molar-refractivity contribution >= 4 is 17.5 Å². The lowest BCUT2D eigenvalue weighted by atomic mass is 10.3. The van der Waals surface area contributed by atoms with E-state index < -0.39 is 0 Å². The highest BCUT2D eigenvalue weighted by molar-refractivity contribution is 5.92. The molecule has 0 aliphatic heterocycles. The molecule has 0 aromatic heterocycles. The highest BCUT2D eigenvalue weighted by atomic mass is 16.5. The summed E-state index contributed by atoms with van der Waals surface area (Å²) in [6, 6.07) is 7.09. The standard InChI is InChI=1S/C14H21N3O3/c1-3-7-16-13(18)9-15-10-14(19)17-11-5-4-6-12(8-11)20-2/h4-6,8,15H,3,7,9-10H2,1-2H3,(H,16,18)(H,17,19). The first-order valence-corrected chi connectivity index (χ1v) is 6.57. The number of rotatable bonds is 8. The summed E-state index contributed by atoms with van der Waals surface area (Å²) < 4.78 is 5.07. The predicted octanol–water partition coefficient (Wildman–Crippen LogP) is 0.749. The Bertz CT molecular complexity index is 449. The van der Waals surface area contributed by atoms with Crippen molar-refractivity contribution in [1.29, 1.82) is 0 Å². The van der Waals surface area contributed by atoms with Gasteiger partial charge in [-0.05, 0) is 18.6 Å². The molecule has 0 radical (unpaired) electrons. The van der Waals surface area contributed by atoms with Gasteiger partial charge in [0.25, 0.3) is 0 Å². The molecule has 0 aliphatic carbocycles. The van der Waals surface area contributed by atoms with Crippen LogP contribution in [0.2, 0.25) is 0 Å². The Labute approximate surface area is 118 Å². The van der Waals surface area contributed by atoms with Crippen molar-refractivity contribution in [2.24, 2.45) is 0 Å². The fourth-order valence-corrected chi connectivity index (χ4v) is 1.52. The van der Waals surface area contributed by atoms with Gasteiger partial charge >= 0.3 is 0 Å². The molecule has 110 valence electrons. The van der Waals surface area contributed by atoms with E-state index in [9.17, 15) is 9.59 Å². The van der Waals surface area contributed by atoms with Crippen LogP contribution in [-0.4, -0.2) is 38.6 Å². The molecule has 3 N–H and O–H groups in total. The highest BCUT2D eigenvalue weighted by Gasteiger charge is 2.04. The van der Waals surface area contributed by atoms with Crippen molar-refractivity contribution in [3.8, 4) is 5.75 Å². The van der Waals surface area contributed by atoms with Crippen LogP contribution in [-0.2, 0) is 9.59 Å². The van der Waals surface area contributed by atoms with E-state index in [4.69, 9.17) is 4.74 Å². The number of hydrogen-bond donors (Lipinski definition) is 3. The van der Waals surface area contributed by atoms with Gasteiger partial charge in [-0.15, -0.1) is 0 Å². The van der Waals surface area contributed by atoms with E-state index in [1.165, 1.54) is 0 Å². The third-order valence-corrected chi connectivity index (χ3v) is 2.50. The first-order valence-electron chi connectivity index (χ1n) is 6.57. The number of anilines is 1. The largest absolute Gasteiger partial charge is 0.497 e. The predicted molar refractivity (Wildman–Crippen MR) is 77.8 cm³/mol. The maximum atomic E-state index is 11.7. The second kappa shape index (κ2) is 8.92. The van der Waals surface area contributed by atoms with Crippen LogP contribution >= 0.6 is 0 Å². The van der Waals surface area contributed by atoms with E-state index >= 15 is 0 Å². The molecule has 1 aromatic rings. The molecule has 6 nitrogen and oxygen atoms in total. The normalized spacial score (nSPS) is 9.90. The van der Waals surface area contributed by atoms with E-state index in [0.717, 1.165) is 6.42 Å². The number of carbonyl (C=O) groups excluding carboxylic acids is 2. The first kappa shape index (κ1) is 16.0. The minimum atomic E-state index is -0.207. The molecule has 1 aromatic carbocycles. The first-order chi connectivity index (χ1) is 9.65. The number of ether oxygens (including phenoxy) is 1. The zero-order valence-corrected chi connectivity index (χ0v) is 11.9. The molecule has 0 spiro atoms. The van der Waals surface area contributed by atoms with Crippen LogP contribution in [0.4, 0.5) is 5.69 Å². The zero-order chi connectivity index (χ0) is 14.8. The van der Waals surface area contributed by atoms with Gasteiger partial charge in [0.1, 0.15) is 5.75 Å². The van der Waals surface area contributed by atoms with Crippen LogP contribution in [0, 0.1) is 0 Å². The second-order valence-corrected chi connectivity index (χ2v) is 4.23. The third kappa shape index (κ3) is 6.19. The van der Waals surface area contributed by atoms with Crippen molar-refractivity contribution in [2.75, 3.05) is 32.1 Å². The van der Waals surface area contributed by atoms with Crippen molar-refractivity contribution in [3.05, 3.63) is 24.3 Å². The SMILES string of the molecule is CCCNC(=O)CNCC(=O)Nc1cccc(OC)c1. The summed E-state index contributed by atoms with van der Waals surface area (Å²) in [5, 5.41) is 8.23. The molecule has 2 amide bonds. The van der Waals surface area contributed by atoms with Crippen LogP contribution in [0.25, 0.3) is 0 Å². The van der Waals surface area contributed by atoms with Gasteiger partial charge < -0.3 is 15.4 Å². The summed E-state index contributed by atoms with van der Waals surface area (Å²) in [6.07, 6.45) is 0.891. The molecule has 0 unspecified atom stereocenters. The van der Waals surface area contributed by atoms with Gasteiger partial charge in [-0.25, -0.2) is 0 Å². The number of carbonyl (C=O) groups is 2. The van der Waals surface area contributed by atoms with Crippen molar-refractivity contribution in [1.82, 2.24) is 10.6 Å². The molecule has 0 bridgehead atoms. The van der Waals surface area contributed by atoms with E-state index in [2.05, 4.69) is 16.0 Å². The Morgan fingerprint density at radius 1 is 1.20 bits per heavy atom. The summed E-state index contributed by atoms with van der Waals surface area (Å²) >= 11 is 0.